The molecule has 0 fully saturated rings. The van der Waals surface area contributed by atoms with Crippen molar-refractivity contribution in [1.29, 1.82) is 0 Å². The van der Waals surface area contributed by atoms with Gasteiger partial charge in [-0.1, -0.05) is 11.8 Å². The van der Waals surface area contributed by atoms with Gasteiger partial charge in [0.25, 0.3) is 0 Å². The van der Waals surface area contributed by atoms with Gasteiger partial charge in [-0.25, -0.2) is 14.4 Å². The topological polar surface area (TPSA) is 89.1 Å². The molecule has 5 aromatic rings. The normalized spacial score (nSPS) is 11.7. The number of halogens is 1. The number of hydrogen-bond donors (Lipinski definition) is 2. The number of thioether (sulfide) groups is 1. The number of amides is 1. The van der Waals surface area contributed by atoms with Gasteiger partial charge < -0.3 is 19.8 Å². The molecule has 2 aromatic heterocycles. The Kier molecular flexibility index (Phi) is 7.94. The van der Waals surface area contributed by atoms with Gasteiger partial charge in [0, 0.05) is 22.1 Å². The van der Waals surface area contributed by atoms with Gasteiger partial charge >= 0.3 is 0 Å². The molecule has 5 rings (SSSR count). The predicted octanol–water partition coefficient (Wildman–Crippen LogP) is 7.14. The molecular weight excluding hydrogens is 535 g/mol. The van der Waals surface area contributed by atoms with E-state index in [9.17, 15) is 9.18 Å². The van der Waals surface area contributed by atoms with Crippen LogP contribution in [0.15, 0.2) is 83.3 Å². The largest absolute Gasteiger partial charge is 0.497 e. The second-order valence-corrected chi connectivity index (χ2v) is 10.7. The molecule has 2 N–H and O–H groups in total. The van der Waals surface area contributed by atoms with Crippen molar-refractivity contribution in [1.82, 2.24) is 15.0 Å². The van der Waals surface area contributed by atoms with Crippen LogP contribution in [0.5, 0.6) is 11.5 Å². The second kappa shape index (κ2) is 11.7. The number of benzene rings is 3. The van der Waals surface area contributed by atoms with Crippen LogP contribution in [0.1, 0.15) is 6.92 Å². The molecule has 0 aliphatic heterocycles. The van der Waals surface area contributed by atoms with Gasteiger partial charge in [-0.3, -0.25) is 4.79 Å². The number of thiazole rings is 1. The van der Waals surface area contributed by atoms with E-state index in [1.807, 2.05) is 60.8 Å². The third-order valence-electron chi connectivity index (χ3n) is 5.96. The van der Waals surface area contributed by atoms with E-state index in [0.717, 1.165) is 39.6 Å². The highest BCUT2D eigenvalue weighted by Crippen LogP contribution is 2.35. The highest BCUT2D eigenvalue weighted by Gasteiger charge is 2.21. The number of aromatic amines is 1. The predicted molar refractivity (Wildman–Crippen MR) is 154 cm³/mol. The molecule has 0 spiro atoms. The van der Waals surface area contributed by atoms with Gasteiger partial charge in [-0.05, 0) is 79.7 Å². The van der Waals surface area contributed by atoms with Crippen LogP contribution in [-0.2, 0) is 4.79 Å². The number of rotatable bonds is 9. The Morgan fingerprint density at radius 2 is 1.49 bits per heavy atom. The third kappa shape index (κ3) is 6.13. The van der Waals surface area contributed by atoms with Gasteiger partial charge in [0.15, 0.2) is 10.3 Å². The molecular formula is C29H25FN4O3S2. The number of carbonyl (C=O) groups is 1. The van der Waals surface area contributed by atoms with Crippen LogP contribution in [0.3, 0.4) is 0 Å². The van der Waals surface area contributed by atoms with E-state index >= 15 is 0 Å². The molecule has 0 bridgehead atoms. The molecule has 1 amide bonds. The average Bonchev–Trinajstić information content (AvgIpc) is 3.61. The summed E-state index contributed by atoms with van der Waals surface area (Å²) in [7, 11) is 3.26. The molecule has 0 radical (unpaired) electrons. The number of nitrogens with zero attached hydrogens (tertiary/aromatic N) is 2. The van der Waals surface area contributed by atoms with Crippen LogP contribution in [0, 0.1) is 5.82 Å². The van der Waals surface area contributed by atoms with Crippen LogP contribution in [0.4, 0.5) is 9.52 Å². The SMILES string of the molecule is COc1ccc(-c2nc(SC(C)C(=O)Nc3nc(-c4ccc(F)cc4)cs3)[nH]c2-c2ccc(OC)cc2)cc1. The summed E-state index contributed by atoms with van der Waals surface area (Å²) >= 11 is 2.64. The number of methoxy groups -OCH3 is 2. The number of anilines is 1. The van der Waals surface area contributed by atoms with Crippen LogP contribution in [0.25, 0.3) is 33.8 Å². The van der Waals surface area contributed by atoms with Crippen molar-refractivity contribution in [3.63, 3.8) is 0 Å². The van der Waals surface area contributed by atoms with E-state index in [-0.39, 0.29) is 11.7 Å². The molecule has 2 heterocycles. The summed E-state index contributed by atoms with van der Waals surface area (Å²) in [6, 6.07) is 21.5. The quantitative estimate of drug-likeness (QED) is 0.186. The number of imidazole rings is 1. The molecule has 0 aliphatic rings. The smallest absolute Gasteiger partial charge is 0.239 e. The summed E-state index contributed by atoms with van der Waals surface area (Å²) in [5, 5.41) is 5.34. The fourth-order valence-corrected chi connectivity index (χ4v) is 5.37. The highest BCUT2D eigenvalue weighted by atomic mass is 32.2. The van der Waals surface area contributed by atoms with Crippen LogP contribution in [0.2, 0.25) is 0 Å². The Bertz CT molecular complexity index is 1500. The molecule has 3 aromatic carbocycles. The Balaban J connectivity index is 1.35. The lowest BCUT2D eigenvalue weighted by molar-refractivity contribution is -0.115. The molecule has 39 heavy (non-hydrogen) atoms. The monoisotopic (exact) mass is 560 g/mol. The first kappa shape index (κ1) is 26.5. The van der Waals surface area contributed by atoms with Crippen molar-refractivity contribution < 1.29 is 18.7 Å². The third-order valence-corrected chi connectivity index (χ3v) is 7.70. The molecule has 0 saturated heterocycles. The zero-order valence-electron chi connectivity index (χ0n) is 21.4. The van der Waals surface area contributed by atoms with Gasteiger partial charge in [-0.15, -0.1) is 11.3 Å². The summed E-state index contributed by atoms with van der Waals surface area (Å²) in [6.45, 7) is 1.82. The lowest BCUT2D eigenvalue weighted by Crippen LogP contribution is -2.22. The number of ether oxygens (including phenoxy) is 2. The summed E-state index contributed by atoms with van der Waals surface area (Å²) in [4.78, 5) is 25.7. The van der Waals surface area contributed by atoms with E-state index < -0.39 is 5.25 Å². The summed E-state index contributed by atoms with van der Waals surface area (Å²) in [5.74, 6) is 1.00. The first-order valence-electron chi connectivity index (χ1n) is 12.0. The summed E-state index contributed by atoms with van der Waals surface area (Å²) < 4.78 is 23.8. The van der Waals surface area contributed by atoms with Crippen LogP contribution >= 0.6 is 23.1 Å². The molecule has 10 heteroatoms. The van der Waals surface area contributed by atoms with E-state index in [1.54, 1.807) is 26.4 Å². The summed E-state index contributed by atoms with van der Waals surface area (Å²) in [6.07, 6.45) is 0. The van der Waals surface area contributed by atoms with Crippen molar-refractivity contribution in [2.24, 2.45) is 0 Å². The minimum atomic E-state index is -0.457. The molecule has 0 saturated carbocycles. The number of carbonyl (C=O) groups excluding carboxylic acids is 1. The first-order chi connectivity index (χ1) is 18.9. The van der Waals surface area contributed by atoms with Crippen LogP contribution in [-0.4, -0.2) is 40.3 Å². The second-order valence-electron chi connectivity index (χ2n) is 8.52. The van der Waals surface area contributed by atoms with E-state index in [2.05, 4.69) is 15.3 Å². The Morgan fingerprint density at radius 1 is 0.897 bits per heavy atom. The van der Waals surface area contributed by atoms with Gasteiger partial charge in [0.05, 0.1) is 36.6 Å². The van der Waals surface area contributed by atoms with Crippen molar-refractivity contribution >= 4 is 34.1 Å². The van der Waals surface area contributed by atoms with Crippen molar-refractivity contribution in [3.05, 3.63) is 84.0 Å². The standard InChI is InChI=1S/C29H25FN4O3S2/c1-17(27(35)34-28-31-24(16-38-28)18-4-10-21(30)11-5-18)39-29-32-25(19-6-12-22(36-2)13-7-19)26(33-29)20-8-14-23(37-3)15-9-20/h4-17H,1-3H3,(H,32,33)(H,31,34,35). The summed E-state index contributed by atoms with van der Waals surface area (Å²) in [5.41, 5.74) is 4.91. The minimum Gasteiger partial charge on any atom is -0.497 e. The Hall–Kier alpha value is -4.15. The lowest BCUT2D eigenvalue weighted by Gasteiger charge is -2.08. The zero-order chi connectivity index (χ0) is 27.4. The van der Waals surface area contributed by atoms with Crippen LogP contribution < -0.4 is 14.8 Å². The van der Waals surface area contributed by atoms with Gasteiger partial charge in [0.2, 0.25) is 5.91 Å². The highest BCUT2D eigenvalue weighted by molar-refractivity contribution is 8.00. The van der Waals surface area contributed by atoms with Crippen molar-refractivity contribution in [3.8, 4) is 45.3 Å². The number of hydrogen-bond acceptors (Lipinski definition) is 7. The van der Waals surface area contributed by atoms with E-state index in [1.165, 1.54) is 35.2 Å². The maximum absolute atomic E-state index is 13.2. The first-order valence-corrected chi connectivity index (χ1v) is 13.8. The molecule has 1 atom stereocenters. The van der Waals surface area contributed by atoms with Crippen molar-refractivity contribution in [2.75, 3.05) is 19.5 Å². The Morgan fingerprint density at radius 3 is 2.10 bits per heavy atom. The Labute approximate surface area is 233 Å². The fraction of sp³-hybridized carbons (Fsp3) is 0.138. The lowest BCUT2D eigenvalue weighted by atomic mass is 10.0. The van der Waals surface area contributed by atoms with E-state index in [0.29, 0.717) is 16.0 Å². The average molecular weight is 561 g/mol. The molecule has 0 aliphatic carbocycles. The molecule has 7 nitrogen and oxygen atoms in total. The molecule has 198 valence electrons. The fourth-order valence-electron chi connectivity index (χ4n) is 3.84. The number of nitrogens with one attached hydrogen (secondary N) is 2. The minimum absolute atomic E-state index is 0.201. The number of aromatic nitrogens is 3. The van der Waals surface area contributed by atoms with E-state index in [4.69, 9.17) is 14.5 Å². The zero-order valence-corrected chi connectivity index (χ0v) is 23.0. The molecule has 1 unspecified atom stereocenters. The van der Waals surface area contributed by atoms with Gasteiger partial charge in [0.1, 0.15) is 17.3 Å². The van der Waals surface area contributed by atoms with Crippen molar-refractivity contribution in [2.45, 2.75) is 17.3 Å². The maximum atomic E-state index is 13.2. The van der Waals surface area contributed by atoms with Gasteiger partial charge in [-0.2, -0.15) is 0 Å². The maximum Gasteiger partial charge on any atom is 0.239 e. The number of H-pyrrole nitrogens is 1.